The van der Waals surface area contributed by atoms with Crippen molar-refractivity contribution in [1.82, 2.24) is 0 Å². The number of hydrogen-bond acceptors (Lipinski definition) is 8. The number of esters is 3. The summed E-state index contributed by atoms with van der Waals surface area (Å²) in [6, 6.07) is 0. The van der Waals surface area contributed by atoms with Crippen LogP contribution in [-0.4, -0.2) is 47.8 Å². The van der Waals surface area contributed by atoms with Gasteiger partial charge in [-0.2, -0.15) is 0 Å². The molecule has 1 saturated carbocycles. The van der Waals surface area contributed by atoms with E-state index in [1.165, 1.54) is 13.8 Å². The molecule has 0 unspecified atom stereocenters. The first-order valence-electron chi connectivity index (χ1n) is 12.7. The highest BCUT2D eigenvalue weighted by Crippen LogP contribution is 2.67. The van der Waals surface area contributed by atoms with E-state index in [2.05, 4.69) is 26.5 Å². The number of hydrogen-bond donors (Lipinski definition) is 1. The number of carbonyl (C=O) groups excluding carboxylic acids is 3. The molecule has 0 bridgehead atoms. The zero-order valence-corrected chi connectivity index (χ0v) is 22.4. The van der Waals surface area contributed by atoms with Gasteiger partial charge in [0.15, 0.2) is 0 Å². The molecule has 0 aromatic carbocycles. The van der Waals surface area contributed by atoms with Crippen molar-refractivity contribution in [1.29, 1.82) is 0 Å². The highest BCUT2D eigenvalue weighted by Gasteiger charge is 2.71. The minimum Gasteiger partial charge on any atom is -0.458 e. The number of rotatable bonds is 7. The summed E-state index contributed by atoms with van der Waals surface area (Å²) < 4.78 is 23.1. The van der Waals surface area contributed by atoms with Crippen molar-refractivity contribution < 1.29 is 38.4 Å². The van der Waals surface area contributed by atoms with Crippen molar-refractivity contribution in [3.05, 3.63) is 36.0 Å². The second-order valence-electron chi connectivity index (χ2n) is 11.0. The lowest BCUT2D eigenvalue weighted by Crippen LogP contribution is -2.63. The second-order valence-corrected chi connectivity index (χ2v) is 11.0. The minimum atomic E-state index is -1.17. The third-order valence-electron chi connectivity index (χ3n) is 8.32. The van der Waals surface area contributed by atoms with E-state index in [4.69, 9.17) is 18.9 Å². The van der Waals surface area contributed by atoms with Crippen molar-refractivity contribution in [2.24, 2.45) is 28.6 Å². The molecule has 8 heteroatoms. The number of carbonyl (C=O) groups is 3. The molecule has 36 heavy (non-hydrogen) atoms. The van der Waals surface area contributed by atoms with Crippen LogP contribution in [0.5, 0.6) is 0 Å². The van der Waals surface area contributed by atoms with Gasteiger partial charge in [-0.25, -0.2) is 0 Å². The largest absolute Gasteiger partial charge is 0.458 e. The lowest BCUT2D eigenvalue weighted by Gasteiger charge is -2.60. The van der Waals surface area contributed by atoms with Gasteiger partial charge in [0.25, 0.3) is 0 Å². The summed E-state index contributed by atoms with van der Waals surface area (Å²) in [5.41, 5.74) is -0.0611. The average Bonchev–Trinajstić information content (AvgIpc) is 3.07. The fourth-order valence-corrected chi connectivity index (χ4v) is 6.15. The van der Waals surface area contributed by atoms with E-state index in [0.717, 1.165) is 5.57 Å². The molecule has 8 nitrogen and oxygen atoms in total. The quantitative estimate of drug-likeness (QED) is 0.238. The van der Waals surface area contributed by atoms with Gasteiger partial charge < -0.3 is 19.3 Å². The molecular weight excluding hydrogens is 464 g/mol. The van der Waals surface area contributed by atoms with E-state index < -0.39 is 47.6 Å². The Morgan fingerprint density at radius 1 is 1.17 bits per heavy atom. The number of aliphatic hydroxyl groups is 1. The van der Waals surface area contributed by atoms with Crippen molar-refractivity contribution in [2.75, 3.05) is 0 Å². The lowest BCUT2D eigenvalue weighted by molar-refractivity contribution is -0.254. The molecule has 1 aliphatic heterocycles. The molecule has 1 spiro atoms. The van der Waals surface area contributed by atoms with Gasteiger partial charge in [0.2, 0.25) is 12.6 Å². The molecule has 0 amide bonds. The number of allylic oxidation sites excluding steroid dienone is 3. The van der Waals surface area contributed by atoms with Crippen molar-refractivity contribution >= 4 is 17.9 Å². The predicted molar refractivity (Wildman–Crippen MR) is 132 cm³/mol. The molecule has 3 aliphatic rings. The van der Waals surface area contributed by atoms with Crippen LogP contribution in [0.25, 0.3) is 0 Å². The van der Waals surface area contributed by atoms with Crippen molar-refractivity contribution in [2.45, 2.75) is 92.5 Å². The molecule has 1 heterocycles. The summed E-state index contributed by atoms with van der Waals surface area (Å²) in [5, 5.41) is 11.7. The van der Waals surface area contributed by atoms with Gasteiger partial charge in [-0.1, -0.05) is 52.0 Å². The van der Waals surface area contributed by atoms with Crippen LogP contribution in [0.4, 0.5) is 0 Å². The maximum atomic E-state index is 12.6. The zero-order valence-electron chi connectivity index (χ0n) is 22.4. The van der Waals surface area contributed by atoms with Gasteiger partial charge in [0, 0.05) is 19.4 Å². The third-order valence-corrected chi connectivity index (χ3v) is 8.32. The maximum Gasteiger partial charge on any atom is 0.308 e. The van der Waals surface area contributed by atoms with Gasteiger partial charge in [-0.3, -0.25) is 19.1 Å². The van der Waals surface area contributed by atoms with Gasteiger partial charge in [0.1, 0.15) is 6.10 Å². The normalized spacial score (nSPS) is 37.9. The topological polar surface area (TPSA) is 108 Å². The molecule has 0 radical (unpaired) electrons. The summed E-state index contributed by atoms with van der Waals surface area (Å²) in [4.78, 5) is 36.7. The standard InChI is InChI=1S/C28H40O8/c1-9-16(4)10-11-27(8)17(5)12-23(31)28-21(13-20(14-22(27)28)35-24(32)15(2)3)25(33-18(6)29)36-26(28)34-19(7)30/h9-10,13,15,17,20,22-23,25-26,31H,1,11-12,14H2,2-8H3/b16-10+/t17-,20+,22+,23+,25+,26-,27-,28-/m0/s1. The molecular formula is C28H40O8. The van der Waals surface area contributed by atoms with Gasteiger partial charge >= 0.3 is 17.9 Å². The van der Waals surface area contributed by atoms with Crippen molar-refractivity contribution in [3.63, 3.8) is 0 Å². The number of aliphatic hydroxyl groups excluding tert-OH is 1. The molecule has 0 aromatic heterocycles. The minimum absolute atomic E-state index is 0.0727. The zero-order chi connectivity index (χ0) is 27.0. The lowest BCUT2D eigenvalue weighted by atomic mass is 9.45. The van der Waals surface area contributed by atoms with Crippen LogP contribution in [0, 0.1) is 28.6 Å². The Labute approximate surface area is 213 Å². The smallest absolute Gasteiger partial charge is 0.308 e. The van der Waals surface area contributed by atoms with E-state index >= 15 is 0 Å². The van der Waals surface area contributed by atoms with E-state index in [1.807, 2.05) is 6.92 Å². The summed E-state index contributed by atoms with van der Waals surface area (Å²) in [5.74, 6) is -2.08. The molecule has 0 aromatic rings. The highest BCUT2D eigenvalue weighted by molar-refractivity contribution is 5.72. The van der Waals surface area contributed by atoms with Crippen LogP contribution in [0.3, 0.4) is 0 Å². The summed E-state index contributed by atoms with van der Waals surface area (Å²) >= 11 is 0. The first-order chi connectivity index (χ1) is 16.8. The Balaban J connectivity index is 2.23. The van der Waals surface area contributed by atoms with Crippen LogP contribution >= 0.6 is 0 Å². The molecule has 1 N–H and O–H groups in total. The monoisotopic (exact) mass is 504 g/mol. The predicted octanol–water partition coefficient (Wildman–Crippen LogP) is 4.22. The fourth-order valence-electron chi connectivity index (χ4n) is 6.15. The number of ether oxygens (including phenoxy) is 4. The van der Waals surface area contributed by atoms with Gasteiger partial charge in [-0.15, -0.1) is 0 Å². The van der Waals surface area contributed by atoms with E-state index in [-0.39, 0.29) is 23.7 Å². The fraction of sp³-hybridized carbons (Fsp3) is 0.679. The Hall–Kier alpha value is -2.45. The van der Waals surface area contributed by atoms with E-state index in [9.17, 15) is 19.5 Å². The molecule has 1 saturated heterocycles. The molecule has 2 aliphatic carbocycles. The Bertz CT molecular complexity index is 965. The third kappa shape index (κ3) is 4.90. The Morgan fingerprint density at radius 2 is 1.81 bits per heavy atom. The molecule has 3 rings (SSSR count). The second kappa shape index (κ2) is 10.5. The molecule has 2 fully saturated rings. The average molecular weight is 505 g/mol. The Morgan fingerprint density at radius 3 is 2.36 bits per heavy atom. The van der Waals surface area contributed by atoms with E-state index in [1.54, 1.807) is 26.0 Å². The van der Waals surface area contributed by atoms with Crippen LogP contribution in [0.15, 0.2) is 36.0 Å². The SMILES string of the molecule is C=C/C(C)=C/C[C@]1(C)[C@H]2C[C@H](OC(=O)C(C)C)C=C3[C@H](OC(C)=O)O[C@H](OC(C)=O)[C@@]32[C@H](O)C[C@@H]1C. The maximum absolute atomic E-state index is 12.6. The Kier molecular flexibility index (Phi) is 8.20. The highest BCUT2D eigenvalue weighted by atomic mass is 16.8. The van der Waals surface area contributed by atoms with Crippen molar-refractivity contribution in [3.8, 4) is 0 Å². The van der Waals surface area contributed by atoms with Crippen LogP contribution in [0.1, 0.15) is 67.7 Å². The molecule has 200 valence electrons. The first-order valence-corrected chi connectivity index (χ1v) is 12.7. The van der Waals surface area contributed by atoms with Gasteiger partial charge in [-0.05, 0) is 49.5 Å². The summed E-state index contributed by atoms with van der Waals surface area (Å²) in [7, 11) is 0. The van der Waals surface area contributed by atoms with Gasteiger partial charge in [0.05, 0.1) is 17.4 Å². The van der Waals surface area contributed by atoms with Crippen LogP contribution in [-0.2, 0) is 33.3 Å². The van der Waals surface area contributed by atoms with Crippen LogP contribution < -0.4 is 0 Å². The first kappa shape index (κ1) is 28.1. The summed E-state index contributed by atoms with van der Waals surface area (Å²) in [6.07, 6.45) is 3.22. The van der Waals surface area contributed by atoms with Crippen LogP contribution in [0.2, 0.25) is 0 Å². The van der Waals surface area contributed by atoms with E-state index in [0.29, 0.717) is 24.8 Å². The molecule has 8 atom stereocenters. The summed E-state index contributed by atoms with van der Waals surface area (Å²) in [6.45, 7) is 16.1.